The maximum atomic E-state index is 13.4. The molecule has 5 aliphatic rings. The summed E-state index contributed by atoms with van der Waals surface area (Å²) in [5.41, 5.74) is 2.44. The molecule has 2 aromatic rings. The highest BCUT2D eigenvalue weighted by Crippen LogP contribution is 2.64. The van der Waals surface area contributed by atoms with Crippen molar-refractivity contribution in [3.05, 3.63) is 58.7 Å². The summed E-state index contributed by atoms with van der Waals surface area (Å²) in [6, 6.07) is 9.95. The fraction of sp³-hybridized carbons (Fsp3) is 0.462. The molecule has 0 saturated heterocycles. The maximum absolute atomic E-state index is 13.4. The van der Waals surface area contributed by atoms with Gasteiger partial charge in [0.05, 0.1) is 30.4 Å². The lowest BCUT2D eigenvalue weighted by Gasteiger charge is -2.61. The Morgan fingerprint density at radius 1 is 1.21 bits per heavy atom. The molecule has 1 unspecified atom stereocenters. The summed E-state index contributed by atoms with van der Waals surface area (Å²) in [7, 11) is 0. The van der Waals surface area contributed by atoms with Crippen molar-refractivity contribution in [2.45, 2.75) is 45.3 Å². The summed E-state index contributed by atoms with van der Waals surface area (Å²) in [6.07, 6.45) is -0.574. The standard InChI is InChI=1S/C26H27F3N4O/c1-15-19(4-3-5-21(15)26(27,28)29)16(2)31-23-20-10-18(34-14-25-11-17(12-25)13-25)6-7-22(20)33-9-8-30-24(33)32-23/h3-7,10,16-17H,8-9,11-14H2,1-2H3,(H,30,31,32). The molecule has 2 bridgehead atoms. The van der Waals surface area contributed by atoms with Gasteiger partial charge in [0, 0.05) is 17.5 Å². The maximum Gasteiger partial charge on any atom is 0.416 e. The minimum Gasteiger partial charge on any atom is -0.493 e. The van der Waals surface area contributed by atoms with E-state index >= 15 is 0 Å². The summed E-state index contributed by atoms with van der Waals surface area (Å²) in [6.45, 7) is 5.53. The largest absolute Gasteiger partial charge is 0.493 e. The van der Waals surface area contributed by atoms with Crippen LogP contribution >= 0.6 is 0 Å². The predicted octanol–water partition coefficient (Wildman–Crippen LogP) is 5.48. The fourth-order valence-corrected chi connectivity index (χ4v) is 5.84. The molecule has 3 fully saturated rings. The van der Waals surface area contributed by atoms with Crippen molar-refractivity contribution >= 4 is 17.5 Å². The van der Waals surface area contributed by atoms with Gasteiger partial charge in [-0.3, -0.25) is 0 Å². The highest BCUT2D eigenvalue weighted by molar-refractivity contribution is 6.18. The van der Waals surface area contributed by atoms with Crippen LogP contribution < -0.4 is 15.0 Å². The first-order valence-corrected chi connectivity index (χ1v) is 11.8. The van der Waals surface area contributed by atoms with E-state index in [0.29, 0.717) is 29.3 Å². The third-order valence-electron chi connectivity index (χ3n) is 7.75. The lowest BCUT2D eigenvalue weighted by atomic mass is 9.45. The summed E-state index contributed by atoms with van der Waals surface area (Å²) in [5.74, 6) is 2.93. The van der Waals surface area contributed by atoms with Crippen molar-refractivity contribution in [2.24, 2.45) is 21.3 Å². The first-order valence-electron chi connectivity index (χ1n) is 11.8. The van der Waals surface area contributed by atoms with Gasteiger partial charge in [0.15, 0.2) is 0 Å². The lowest BCUT2D eigenvalue weighted by molar-refractivity contribution is -0.138. The second-order valence-corrected chi connectivity index (χ2v) is 10.1. The van der Waals surface area contributed by atoms with Crippen LogP contribution in [0.4, 0.5) is 18.9 Å². The minimum absolute atomic E-state index is 0.224. The van der Waals surface area contributed by atoms with Gasteiger partial charge in [-0.05, 0) is 74.4 Å². The van der Waals surface area contributed by atoms with Gasteiger partial charge in [-0.25, -0.2) is 4.99 Å². The number of hydrogen-bond donors (Lipinski definition) is 1. The molecule has 1 N–H and O–H groups in total. The second-order valence-electron chi connectivity index (χ2n) is 10.1. The van der Waals surface area contributed by atoms with E-state index < -0.39 is 11.7 Å². The number of hydrogen-bond acceptors (Lipinski definition) is 5. The third-order valence-corrected chi connectivity index (χ3v) is 7.75. The number of aliphatic imine (C=N–C) groups is 2. The van der Waals surface area contributed by atoms with Crippen molar-refractivity contribution in [1.82, 2.24) is 5.32 Å². The van der Waals surface area contributed by atoms with Gasteiger partial charge in [-0.15, -0.1) is 0 Å². The quantitative estimate of drug-likeness (QED) is 0.632. The minimum atomic E-state index is -4.39. The van der Waals surface area contributed by atoms with E-state index in [-0.39, 0.29) is 11.6 Å². The Balaban J connectivity index is 1.29. The molecule has 34 heavy (non-hydrogen) atoms. The number of guanidine groups is 1. The first kappa shape index (κ1) is 21.5. The van der Waals surface area contributed by atoms with Crippen LogP contribution in [0.25, 0.3) is 0 Å². The Morgan fingerprint density at radius 2 is 2.00 bits per heavy atom. The van der Waals surface area contributed by atoms with Crippen LogP contribution in [0, 0.1) is 18.3 Å². The molecule has 1 atom stereocenters. The zero-order valence-corrected chi connectivity index (χ0v) is 19.2. The highest BCUT2D eigenvalue weighted by atomic mass is 19.4. The number of alkyl halides is 3. The van der Waals surface area contributed by atoms with E-state index in [0.717, 1.165) is 42.1 Å². The van der Waals surface area contributed by atoms with Crippen LogP contribution in [0.5, 0.6) is 5.75 Å². The average molecular weight is 469 g/mol. The van der Waals surface area contributed by atoms with Gasteiger partial charge in [-0.2, -0.15) is 18.2 Å². The molecule has 3 aliphatic carbocycles. The molecular formula is C26H27F3N4O. The van der Waals surface area contributed by atoms with Gasteiger partial charge >= 0.3 is 6.18 Å². The molecule has 0 spiro atoms. The normalized spacial score (nSPS) is 25.3. The number of benzene rings is 2. The van der Waals surface area contributed by atoms with Gasteiger partial charge in [-0.1, -0.05) is 12.1 Å². The van der Waals surface area contributed by atoms with E-state index in [1.165, 1.54) is 32.3 Å². The number of fused-ring (bicyclic) bond motifs is 3. The van der Waals surface area contributed by atoms with E-state index in [1.54, 1.807) is 6.07 Å². The van der Waals surface area contributed by atoms with Crippen LogP contribution in [0.1, 0.15) is 54.5 Å². The van der Waals surface area contributed by atoms with Crippen molar-refractivity contribution in [3.63, 3.8) is 0 Å². The smallest absolute Gasteiger partial charge is 0.416 e. The Labute approximate surface area is 196 Å². The van der Waals surface area contributed by atoms with Crippen LogP contribution in [0.2, 0.25) is 0 Å². The number of ether oxygens (including phenoxy) is 1. The molecule has 0 aromatic heterocycles. The van der Waals surface area contributed by atoms with E-state index in [9.17, 15) is 13.2 Å². The first-order chi connectivity index (χ1) is 16.2. The van der Waals surface area contributed by atoms with E-state index in [2.05, 4.69) is 15.2 Å². The molecule has 2 aliphatic heterocycles. The molecule has 8 heteroatoms. The molecule has 7 rings (SSSR count). The summed E-state index contributed by atoms with van der Waals surface area (Å²) >= 11 is 0. The molecule has 2 aromatic carbocycles. The number of halogens is 3. The molecule has 5 nitrogen and oxygen atoms in total. The van der Waals surface area contributed by atoms with Crippen molar-refractivity contribution in [3.8, 4) is 5.75 Å². The monoisotopic (exact) mass is 468 g/mol. The number of rotatable bonds is 5. The summed E-state index contributed by atoms with van der Waals surface area (Å²) in [4.78, 5) is 11.3. The molecule has 2 heterocycles. The third kappa shape index (κ3) is 3.46. The van der Waals surface area contributed by atoms with E-state index in [1.807, 2.05) is 25.1 Å². The number of amidine groups is 1. The zero-order valence-electron chi connectivity index (χ0n) is 19.2. The van der Waals surface area contributed by atoms with Crippen molar-refractivity contribution < 1.29 is 17.9 Å². The van der Waals surface area contributed by atoms with Gasteiger partial charge in [0.25, 0.3) is 0 Å². The lowest BCUT2D eigenvalue weighted by Crippen LogP contribution is -2.55. The number of nitrogens with zero attached hydrogens (tertiary/aromatic N) is 3. The second kappa shape index (κ2) is 7.48. The van der Waals surface area contributed by atoms with Crippen LogP contribution in [-0.4, -0.2) is 31.5 Å². The number of anilines is 1. The van der Waals surface area contributed by atoms with Crippen LogP contribution in [0.15, 0.2) is 46.4 Å². The molecular weight excluding hydrogens is 441 g/mol. The Morgan fingerprint density at radius 3 is 2.71 bits per heavy atom. The van der Waals surface area contributed by atoms with Gasteiger partial charge in [0.2, 0.25) is 5.96 Å². The molecule has 0 radical (unpaired) electrons. The van der Waals surface area contributed by atoms with Crippen LogP contribution in [-0.2, 0) is 6.18 Å². The molecule has 3 saturated carbocycles. The molecule has 178 valence electrons. The summed E-state index contributed by atoms with van der Waals surface area (Å²) < 4.78 is 46.5. The topological polar surface area (TPSA) is 49.2 Å². The highest BCUT2D eigenvalue weighted by Gasteiger charge is 2.56. The summed E-state index contributed by atoms with van der Waals surface area (Å²) in [5, 5.41) is 3.37. The Kier molecular flexibility index (Phi) is 4.73. The van der Waals surface area contributed by atoms with Gasteiger partial charge in [0.1, 0.15) is 11.6 Å². The molecule has 0 amide bonds. The van der Waals surface area contributed by atoms with Crippen molar-refractivity contribution in [2.75, 3.05) is 24.6 Å². The van der Waals surface area contributed by atoms with Gasteiger partial charge < -0.3 is 15.0 Å². The zero-order chi connectivity index (χ0) is 23.7. The Hall–Kier alpha value is -3.03. The fourth-order valence-electron chi connectivity index (χ4n) is 5.84. The predicted molar refractivity (Wildman–Crippen MR) is 126 cm³/mol. The van der Waals surface area contributed by atoms with Crippen LogP contribution in [0.3, 0.4) is 0 Å². The number of nitrogens with one attached hydrogen (secondary N) is 1. The van der Waals surface area contributed by atoms with E-state index in [4.69, 9.17) is 9.73 Å². The average Bonchev–Trinajstić information content (AvgIpc) is 3.19. The Bertz CT molecular complexity index is 1200. The van der Waals surface area contributed by atoms with Crippen molar-refractivity contribution in [1.29, 1.82) is 0 Å². The SMILES string of the molecule is Cc1c(C(C)NC2=NC3=NCCN3c3ccc(OCC45CC(C4)C5)cc32)cccc1C(F)(F)F.